The second-order valence-electron chi connectivity index (χ2n) is 1.34. The maximum Gasteiger partial charge on any atom is 0.160 e. The van der Waals surface area contributed by atoms with Crippen molar-refractivity contribution < 1.29 is 9.84 Å². The Balaban J connectivity index is 2.66. The van der Waals surface area contributed by atoms with Gasteiger partial charge in [-0.05, 0) is 12.2 Å². The molecule has 1 heterocycles. The first-order chi connectivity index (χ1) is 3.93. The Morgan fingerprint density at radius 2 is 2.38 bits per heavy atom. The second kappa shape index (κ2) is 2.21. The predicted molar refractivity (Wildman–Crippen MR) is 30.1 cm³/mol. The van der Waals surface area contributed by atoms with E-state index in [4.69, 9.17) is 9.84 Å². The Morgan fingerprint density at radius 1 is 1.50 bits per heavy atom. The Morgan fingerprint density at radius 3 is 2.75 bits per heavy atom. The minimum Gasteiger partial charge on any atom is -0.512 e. The average molecular weight is 110 g/mol. The molecule has 1 aliphatic rings. The Bertz CT molecular complexity index is 154. The zero-order chi connectivity index (χ0) is 5.82. The summed E-state index contributed by atoms with van der Waals surface area (Å²) in [6.07, 6.45) is 7.61. The van der Waals surface area contributed by atoms with Gasteiger partial charge in [0.25, 0.3) is 0 Å². The van der Waals surface area contributed by atoms with E-state index < -0.39 is 0 Å². The van der Waals surface area contributed by atoms with Crippen LogP contribution in [-0.2, 0) is 4.74 Å². The van der Waals surface area contributed by atoms with Gasteiger partial charge < -0.3 is 9.84 Å². The number of hydrogen-bond donors (Lipinski definition) is 1. The van der Waals surface area contributed by atoms with Crippen LogP contribution in [0.15, 0.2) is 36.5 Å². The van der Waals surface area contributed by atoms with E-state index in [-0.39, 0.29) is 0 Å². The molecule has 0 aromatic heterocycles. The summed E-state index contributed by atoms with van der Waals surface area (Å²) in [6.45, 7) is 0. The van der Waals surface area contributed by atoms with Crippen LogP contribution in [-0.4, -0.2) is 5.11 Å². The number of hydrogen-bond acceptors (Lipinski definition) is 2. The first-order valence-electron chi connectivity index (χ1n) is 2.28. The summed E-state index contributed by atoms with van der Waals surface area (Å²) in [5, 5.41) is 8.32. The van der Waals surface area contributed by atoms with Crippen LogP contribution >= 0.6 is 0 Å². The highest BCUT2D eigenvalue weighted by atomic mass is 16.5. The van der Waals surface area contributed by atoms with E-state index >= 15 is 0 Å². The monoisotopic (exact) mass is 110 g/mol. The van der Waals surface area contributed by atoms with Gasteiger partial charge in [-0.25, -0.2) is 0 Å². The molecular weight excluding hydrogens is 104 g/mol. The van der Waals surface area contributed by atoms with Gasteiger partial charge in [-0.1, -0.05) is 6.08 Å². The fourth-order valence-corrected chi connectivity index (χ4v) is 0.426. The second-order valence-corrected chi connectivity index (χ2v) is 1.34. The van der Waals surface area contributed by atoms with Gasteiger partial charge in [0.1, 0.15) is 6.26 Å². The van der Waals surface area contributed by atoms with Crippen molar-refractivity contribution in [1.29, 1.82) is 0 Å². The topological polar surface area (TPSA) is 29.5 Å². The van der Waals surface area contributed by atoms with Gasteiger partial charge in [-0.2, -0.15) is 0 Å². The van der Waals surface area contributed by atoms with Crippen LogP contribution in [0.4, 0.5) is 0 Å². The SMILES string of the molecule is OC=C1C=CC=CO1. The molecule has 2 nitrogen and oxygen atoms in total. The van der Waals surface area contributed by atoms with E-state index in [1.54, 1.807) is 18.2 Å². The van der Waals surface area contributed by atoms with Crippen LogP contribution in [0.2, 0.25) is 0 Å². The Hall–Kier alpha value is -1.18. The largest absolute Gasteiger partial charge is 0.512 e. The lowest BCUT2D eigenvalue weighted by Gasteiger charge is -1.99. The quantitative estimate of drug-likeness (QED) is 0.478. The fourth-order valence-electron chi connectivity index (χ4n) is 0.426. The number of ether oxygens (including phenoxy) is 1. The highest BCUT2D eigenvalue weighted by molar-refractivity contribution is 5.19. The molecule has 0 bridgehead atoms. The molecule has 0 aliphatic carbocycles. The van der Waals surface area contributed by atoms with Crippen molar-refractivity contribution in [2.75, 3.05) is 0 Å². The third-order valence-electron chi connectivity index (χ3n) is 0.782. The van der Waals surface area contributed by atoms with Crippen LogP contribution < -0.4 is 0 Å². The Kier molecular flexibility index (Phi) is 1.37. The van der Waals surface area contributed by atoms with E-state index in [0.717, 1.165) is 6.26 Å². The maximum absolute atomic E-state index is 8.32. The normalized spacial score (nSPS) is 21.2. The lowest BCUT2D eigenvalue weighted by molar-refractivity contribution is 0.333. The summed E-state index contributed by atoms with van der Waals surface area (Å²) >= 11 is 0. The molecular formula is C6H6O2. The lowest BCUT2D eigenvalue weighted by Crippen LogP contribution is -1.83. The van der Waals surface area contributed by atoms with E-state index in [2.05, 4.69) is 0 Å². The van der Waals surface area contributed by atoms with Gasteiger partial charge in [-0.15, -0.1) is 0 Å². The van der Waals surface area contributed by atoms with Crippen molar-refractivity contribution in [3.63, 3.8) is 0 Å². The highest BCUT2D eigenvalue weighted by Crippen LogP contribution is 2.03. The van der Waals surface area contributed by atoms with Gasteiger partial charge in [0.2, 0.25) is 0 Å². The first kappa shape index (κ1) is 4.97. The molecule has 2 heteroatoms. The third-order valence-corrected chi connectivity index (χ3v) is 0.782. The summed E-state index contributed by atoms with van der Waals surface area (Å²) in [6, 6.07) is 0. The first-order valence-corrected chi connectivity index (χ1v) is 2.28. The van der Waals surface area contributed by atoms with E-state index in [1.165, 1.54) is 6.26 Å². The van der Waals surface area contributed by atoms with Crippen LogP contribution in [0, 0.1) is 0 Å². The lowest BCUT2D eigenvalue weighted by atomic mass is 10.4. The van der Waals surface area contributed by atoms with Gasteiger partial charge in [0.05, 0.1) is 6.26 Å². The van der Waals surface area contributed by atoms with Gasteiger partial charge >= 0.3 is 0 Å². The van der Waals surface area contributed by atoms with Gasteiger partial charge in [0, 0.05) is 0 Å². The molecule has 1 aliphatic heterocycles. The van der Waals surface area contributed by atoms with Crippen molar-refractivity contribution >= 4 is 0 Å². The summed E-state index contributed by atoms with van der Waals surface area (Å²) in [7, 11) is 0. The average Bonchev–Trinajstić information content (AvgIpc) is 1.90. The van der Waals surface area contributed by atoms with E-state index in [9.17, 15) is 0 Å². The highest BCUT2D eigenvalue weighted by Gasteiger charge is 1.90. The van der Waals surface area contributed by atoms with Crippen LogP contribution in [0.25, 0.3) is 0 Å². The minimum atomic E-state index is 0.465. The molecule has 0 amide bonds. The number of aliphatic hydroxyl groups excluding tert-OH is 1. The van der Waals surface area contributed by atoms with Gasteiger partial charge in [0.15, 0.2) is 5.76 Å². The summed E-state index contributed by atoms with van der Waals surface area (Å²) in [5.74, 6) is 0.465. The molecule has 0 saturated carbocycles. The summed E-state index contributed by atoms with van der Waals surface area (Å²) < 4.78 is 4.77. The van der Waals surface area contributed by atoms with E-state index in [0.29, 0.717) is 5.76 Å². The van der Waals surface area contributed by atoms with Crippen LogP contribution in [0.3, 0.4) is 0 Å². The van der Waals surface area contributed by atoms with Gasteiger partial charge in [-0.3, -0.25) is 0 Å². The maximum atomic E-state index is 8.32. The summed E-state index contributed by atoms with van der Waals surface area (Å²) in [4.78, 5) is 0. The van der Waals surface area contributed by atoms with Crippen molar-refractivity contribution in [3.05, 3.63) is 36.5 Å². The van der Waals surface area contributed by atoms with Crippen molar-refractivity contribution in [2.24, 2.45) is 0 Å². The van der Waals surface area contributed by atoms with Crippen molar-refractivity contribution in [3.8, 4) is 0 Å². The number of allylic oxidation sites excluding steroid dienone is 3. The molecule has 0 fully saturated rings. The molecule has 0 unspecified atom stereocenters. The smallest absolute Gasteiger partial charge is 0.160 e. The van der Waals surface area contributed by atoms with Crippen LogP contribution in [0.5, 0.6) is 0 Å². The molecule has 0 aromatic rings. The molecule has 0 aromatic carbocycles. The summed E-state index contributed by atoms with van der Waals surface area (Å²) in [5.41, 5.74) is 0. The molecule has 1 N–H and O–H groups in total. The third kappa shape index (κ3) is 0.904. The molecule has 1 rings (SSSR count). The molecule has 0 radical (unpaired) electrons. The van der Waals surface area contributed by atoms with E-state index in [1.807, 2.05) is 0 Å². The minimum absolute atomic E-state index is 0.465. The molecule has 0 saturated heterocycles. The predicted octanol–water partition coefficient (Wildman–Crippen LogP) is 1.49. The number of aliphatic hydroxyl groups is 1. The number of rotatable bonds is 0. The standard InChI is InChI=1S/C6H6O2/c7-5-6-3-1-2-4-8-6/h1-5,7H. The van der Waals surface area contributed by atoms with Crippen molar-refractivity contribution in [1.82, 2.24) is 0 Å². The molecule has 8 heavy (non-hydrogen) atoms. The molecule has 42 valence electrons. The molecule has 0 spiro atoms. The van der Waals surface area contributed by atoms with Crippen molar-refractivity contribution in [2.45, 2.75) is 0 Å². The zero-order valence-corrected chi connectivity index (χ0v) is 4.24. The molecule has 0 atom stereocenters. The van der Waals surface area contributed by atoms with Crippen LogP contribution in [0.1, 0.15) is 0 Å². The fraction of sp³-hybridized carbons (Fsp3) is 0. The Labute approximate surface area is 47.4 Å². The zero-order valence-electron chi connectivity index (χ0n) is 4.24.